The van der Waals surface area contributed by atoms with Gasteiger partial charge in [-0.1, -0.05) is 0 Å². The second-order valence-corrected chi connectivity index (χ2v) is 5.62. The summed E-state index contributed by atoms with van der Waals surface area (Å²) >= 11 is 0. The summed E-state index contributed by atoms with van der Waals surface area (Å²) in [6.07, 6.45) is 1.81. The minimum absolute atomic E-state index is 0.133. The van der Waals surface area contributed by atoms with E-state index in [-0.39, 0.29) is 6.04 Å². The highest BCUT2D eigenvalue weighted by atomic mass is 16.5. The molecule has 7 heteroatoms. The van der Waals surface area contributed by atoms with Gasteiger partial charge in [0.15, 0.2) is 11.6 Å². The molecule has 0 saturated carbocycles. The van der Waals surface area contributed by atoms with Gasteiger partial charge in [0, 0.05) is 39.3 Å². The number of hydrogen-bond donors (Lipinski definition) is 0. The van der Waals surface area contributed by atoms with Crippen molar-refractivity contribution in [1.29, 1.82) is 0 Å². The van der Waals surface area contributed by atoms with Crippen molar-refractivity contribution in [2.75, 3.05) is 37.7 Å². The van der Waals surface area contributed by atoms with Crippen LogP contribution in [-0.2, 0) is 0 Å². The van der Waals surface area contributed by atoms with Gasteiger partial charge in [0.05, 0.1) is 12.6 Å². The van der Waals surface area contributed by atoms with Gasteiger partial charge in [-0.3, -0.25) is 4.90 Å². The number of anilines is 1. The number of rotatable bonds is 5. The summed E-state index contributed by atoms with van der Waals surface area (Å²) in [6.45, 7) is 10.2. The molecule has 23 heavy (non-hydrogen) atoms. The van der Waals surface area contributed by atoms with E-state index in [1.54, 1.807) is 0 Å². The van der Waals surface area contributed by atoms with E-state index in [4.69, 9.17) is 9.15 Å². The van der Waals surface area contributed by atoms with Crippen molar-refractivity contribution < 1.29 is 9.15 Å². The molecule has 0 aliphatic carbocycles. The minimum Gasteiger partial charge on any atom is -0.490 e. The van der Waals surface area contributed by atoms with Crippen LogP contribution in [-0.4, -0.2) is 52.9 Å². The van der Waals surface area contributed by atoms with Crippen molar-refractivity contribution in [3.8, 4) is 5.75 Å². The van der Waals surface area contributed by atoms with E-state index >= 15 is 0 Å². The Labute approximate surface area is 136 Å². The molecule has 7 nitrogen and oxygen atoms in total. The van der Waals surface area contributed by atoms with Gasteiger partial charge in [-0.15, -0.1) is 10.2 Å². The monoisotopic (exact) mass is 317 g/mol. The van der Waals surface area contributed by atoms with E-state index in [2.05, 4.69) is 31.9 Å². The average Bonchev–Trinajstić information content (AvgIpc) is 3.02. The predicted octanol–water partition coefficient (Wildman–Crippen LogP) is 2.05. The zero-order valence-electron chi connectivity index (χ0n) is 13.9. The number of nitrogens with zero attached hydrogens (tertiary/aromatic N) is 5. The first kappa shape index (κ1) is 15.7. The van der Waals surface area contributed by atoms with Crippen molar-refractivity contribution >= 4 is 5.82 Å². The largest absolute Gasteiger partial charge is 0.490 e. The summed E-state index contributed by atoms with van der Waals surface area (Å²) < 4.78 is 11.2. The van der Waals surface area contributed by atoms with E-state index < -0.39 is 0 Å². The van der Waals surface area contributed by atoms with Gasteiger partial charge in [-0.25, -0.2) is 4.98 Å². The molecular formula is C16H23N5O2. The summed E-state index contributed by atoms with van der Waals surface area (Å²) in [6, 6.07) is 4.01. The second kappa shape index (κ2) is 6.95. The maximum absolute atomic E-state index is 5.69. The van der Waals surface area contributed by atoms with Gasteiger partial charge in [-0.05, 0) is 26.0 Å². The number of aromatic nitrogens is 3. The third-order valence-electron chi connectivity index (χ3n) is 4.11. The van der Waals surface area contributed by atoms with E-state index in [9.17, 15) is 0 Å². The lowest BCUT2D eigenvalue weighted by Crippen LogP contribution is -2.47. The van der Waals surface area contributed by atoms with Gasteiger partial charge < -0.3 is 14.1 Å². The van der Waals surface area contributed by atoms with E-state index in [1.165, 1.54) is 0 Å². The first-order valence-corrected chi connectivity index (χ1v) is 8.06. The molecule has 1 unspecified atom stereocenters. The third kappa shape index (κ3) is 3.44. The molecule has 0 radical (unpaired) electrons. The normalized spacial score (nSPS) is 17.3. The van der Waals surface area contributed by atoms with E-state index in [1.807, 2.05) is 32.2 Å². The molecule has 0 amide bonds. The molecule has 2 aromatic heterocycles. The quantitative estimate of drug-likeness (QED) is 0.836. The Balaban J connectivity index is 1.64. The van der Waals surface area contributed by atoms with Crippen molar-refractivity contribution in [3.63, 3.8) is 0 Å². The highest BCUT2D eigenvalue weighted by Crippen LogP contribution is 2.28. The standard InChI is InChI=1S/C16H23N5O2/c1-4-22-14-6-5-7-17-15(14)21-10-8-20(9-11-21)12(2)16-19-18-13(3)23-16/h5-7,12H,4,8-11H2,1-3H3. The van der Waals surface area contributed by atoms with E-state index in [0.717, 1.165) is 37.7 Å². The number of hydrogen-bond acceptors (Lipinski definition) is 7. The van der Waals surface area contributed by atoms with Crippen LogP contribution in [0.1, 0.15) is 31.7 Å². The zero-order chi connectivity index (χ0) is 16.2. The molecular weight excluding hydrogens is 294 g/mol. The Morgan fingerprint density at radius 1 is 1.26 bits per heavy atom. The van der Waals surface area contributed by atoms with Crippen LogP contribution in [0.25, 0.3) is 0 Å². The smallest absolute Gasteiger partial charge is 0.233 e. The first-order chi connectivity index (χ1) is 11.2. The molecule has 1 aliphatic rings. The predicted molar refractivity (Wildman–Crippen MR) is 86.6 cm³/mol. The summed E-state index contributed by atoms with van der Waals surface area (Å²) in [7, 11) is 0. The lowest BCUT2D eigenvalue weighted by molar-refractivity contribution is 0.171. The Bertz CT molecular complexity index is 637. The topological polar surface area (TPSA) is 67.5 Å². The minimum atomic E-state index is 0.133. The fourth-order valence-corrected chi connectivity index (χ4v) is 2.85. The summed E-state index contributed by atoms with van der Waals surface area (Å²) in [5, 5.41) is 8.05. The highest BCUT2D eigenvalue weighted by Gasteiger charge is 2.26. The molecule has 3 heterocycles. The second-order valence-electron chi connectivity index (χ2n) is 5.62. The SMILES string of the molecule is CCOc1cccnc1N1CCN(C(C)c2nnc(C)o2)CC1. The Morgan fingerprint density at radius 3 is 2.70 bits per heavy atom. The highest BCUT2D eigenvalue weighted by molar-refractivity contribution is 5.52. The molecule has 1 fully saturated rings. The van der Waals surface area contributed by atoms with Crippen LogP contribution in [0.3, 0.4) is 0 Å². The molecule has 1 saturated heterocycles. The van der Waals surface area contributed by atoms with Gasteiger partial charge in [0.2, 0.25) is 11.8 Å². The summed E-state index contributed by atoms with van der Waals surface area (Å²) in [5.41, 5.74) is 0. The van der Waals surface area contributed by atoms with Crippen molar-refractivity contribution in [3.05, 3.63) is 30.1 Å². The number of piperazine rings is 1. The lowest BCUT2D eigenvalue weighted by Gasteiger charge is -2.37. The Morgan fingerprint density at radius 2 is 2.04 bits per heavy atom. The van der Waals surface area contributed by atoms with Gasteiger partial charge in [0.1, 0.15) is 0 Å². The summed E-state index contributed by atoms with van der Waals surface area (Å²) in [4.78, 5) is 9.12. The molecule has 0 N–H and O–H groups in total. The maximum atomic E-state index is 5.69. The van der Waals surface area contributed by atoms with Crippen LogP contribution >= 0.6 is 0 Å². The van der Waals surface area contributed by atoms with Crippen molar-refractivity contribution in [2.24, 2.45) is 0 Å². The van der Waals surface area contributed by atoms with Crippen LogP contribution in [0.5, 0.6) is 5.75 Å². The Kier molecular flexibility index (Phi) is 4.76. The third-order valence-corrected chi connectivity index (χ3v) is 4.11. The Hall–Kier alpha value is -2.15. The van der Waals surface area contributed by atoms with Crippen LogP contribution in [0.2, 0.25) is 0 Å². The average molecular weight is 317 g/mol. The van der Waals surface area contributed by atoms with E-state index in [0.29, 0.717) is 18.4 Å². The molecule has 1 aliphatic heterocycles. The van der Waals surface area contributed by atoms with Crippen molar-refractivity contribution in [1.82, 2.24) is 20.1 Å². The van der Waals surface area contributed by atoms with Gasteiger partial charge >= 0.3 is 0 Å². The summed E-state index contributed by atoms with van der Waals surface area (Å²) in [5.74, 6) is 3.07. The molecule has 124 valence electrons. The van der Waals surface area contributed by atoms with Gasteiger partial charge in [-0.2, -0.15) is 0 Å². The number of ether oxygens (including phenoxy) is 1. The lowest BCUT2D eigenvalue weighted by atomic mass is 10.2. The fourth-order valence-electron chi connectivity index (χ4n) is 2.85. The van der Waals surface area contributed by atoms with Crippen LogP contribution in [0, 0.1) is 6.92 Å². The van der Waals surface area contributed by atoms with Crippen LogP contribution in [0.15, 0.2) is 22.7 Å². The first-order valence-electron chi connectivity index (χ1n) is 8.06. The molecule has 0 aromatic carbocycles. The van der Waals surface area contributed by atoms with Crippen LogP contribution in [0.4, 0.5) is 5.82 Å². The van der Waals surface area contributed by atoms with Crippen molar-refractivity contribution in [2.45, 2.75) is 26.8 Å². The van der Waals surface area contributed by atoms with Gasteiger partial charge in [0.25, 0.3) is 0 Å². The number of aryl methyl sites for hydroxylation is 1. The zero-order valence-corrected chi connectivity index (χ0v) is 13.9. The molecule has 1 atom stereocenters. The molecule has 3 rings (SSSR count). The molecule has 0 bridgehead atoms. The number of pyridine rings is 1. The fraction of sp³-hybridized carbons (Fsp3) is 0.562. The molecule has 0 spiro atoms. The molecule has 2 aromatic rings. The van der Waals surface area contributed by atoms with Crippen LogP contribution < -0.4 is 9.64 Å². The maximum Gasteiger partial charge on any atom is 0.233 e.